The summed E-state index contributed by atoms with van der Waals surface area (Å²) in [6, 6.07) is 0. The van der Waals surface area contributed by atoms with Gasteiger partial charge in [-0.15, -0.1) is 0 Å². The average molecular weight is 236 g/mol. The molecule has 94 valence electrons. The van der Waals surface area contributed by atoms with Gasteiger partial charge in [0.15, 0.2) is 0 Å². The molecule has 0 radical (unpaired) electrons. The highest BCUT2D eigenvalue weighted by atomic mass is 16.5. The molecule has 5 heteroatoms. The highest BCUT2D eigenvalue weighted by molar-refractivity contribution is 5.50. The third kappa shape index (κ3) is 2.49. The Morgan fingerprint density at radius 3 is 2.82 bits per heavy atom. The third-order valence-corrected chi connectivity index (χ3v) is 3.08. The first-order valence-electron chi connectivity index (χ1n) is 5.89. The molecule has 2 heterocycles. The van der Waals surface area contributed by atoms with Gasteiger partial charge in [-0.3, -0.25) is 0 Å². The summed E-state index contributed by atoms with van der Waals surface area (Å²) in [5.41, 5.74) is 1.12. The van der Waals surface area contributed by atoms with Crippen molar-refractivity contribution in [3.8, 4) is 5.88 Å². The lowest BCUT2D eigenvalue weighted by Crippen LogP contribution is -2.57. The van der Waals surface area contributed by atoms with Gasteiger partial charge in [0.25, 0.3) is 0 Å². The van der Waals surface area contributed by atoms with Gasteiger partial charge < -0.3 is 15.0 Å². The van der Waals surface area contributed by atoms with E-state index in [-0.39, 0.29) is 5.54 Å². The standard InChI is InChI=1S/C12H20N4O/c1-9-10(13-8-14-11(9)17-4)16-6-5-15-12(2,3)7-16/h8,15H,5-7H2,1-4H3. The molecule has 1 aliphatic heterocycles. The Hall–Kier alpha value is -1.36. The number of hydrogen-bond donors (Lipinski definition) is 1. The molecular weight excluding hydrogens is 216 g/mol. The third-order valence-electron chi connectivity index (χ3n) is 3.08. The average Bonchev–Trinajstić information content (AvgIpc) is 2.28. The van der Waals surface area contributed by atoms with Crippen molar-refractivity contribution in [2.75, 3.05) is 31.6 Å². The Morgan fingerprint density at radius 1 is 1.41 bits per heavy atom. The predicted octanol–water partition coefficient (Wildman–Crippen LogP) is 0.982. The van der Waals surface area contributed by atoms with Crippen LogP contribution in [0.4, 0.5) is 5.82 Å². The van der Waals surface area contributed by atoms with E-state index >= 15 is 0 Å². The van der Waals surface area contributed by atoms with Crippen molar-refractivity contribution in [3.05, 3.63) is 11.9 Å². The summed E-state index contributed by atoms with van der Waals surface area (Å²) in [7, 11) is 1.64. The number of nitrogens with one attached hydrogen (secondary N) is 1. The Kier molecular flexibility index (Phi) is 3.19. The summed E-state index contributed by atoms with van der Waals surface area (Å²) in [4.78, 5) is 10.8. The van der Waals surface area contributed by atoms with Crippen molar-refractivity contribution in [2.24, 2.45) is 0 Å². The molecule has 5 nitrogen and oxygen atoms in total. The summed E-state index contributed by atoms with van der Waals surface area (Å²) in [5.74, 6) is 1.64. The van der Waals surface area contributed by atoms with Crippen molar-refractivity contribution in [3.63, 3.8) is 0 Å². The lowest BCUT2D eigenvalue weighted by atomic mass is 10.0. The van der Waals surface area contributed by atoms with E-state index in [0.29, 0.717) is 5.88 Å². The van der Waals surface area contributed by atoms with Crippen LogP contribution < -0.4 is 15.0 Å². The zero-order valence-corrected chi connectivity index (χ0v) is 10.9. The monoisotopic (exact) mass is 236 g/mol. The predicted molar refractivity (Wildman–Crippen MR) is 67.6 cm³/mol. The molecule has 0 aromatic carbocycles. The minimum Gasteiger partial charge on any atom is -0.481 e. The SMILES string of the molecule is COc1ncnc(N2CCNC(C)(C)C2)c1C. The summed E-state index contributed by atoms with van der Waals surface area (Å²) in [5, 5.41) is 3.49. The van der Waals surface area contributed by atoms with Gasteiger partial charge in [0, 0.05) is 25.2 Å². The Bertz CT molecular complexity index is 405. The summed E-state index contributed by atoms with van der Waals surface area (Å²) >= 11 is 0. The fourth-order valence-electron chi connectivity index (χ4n) is 2.27. The quantitative estimate of drug-likeness (QED) is 0.829. The second-order valence-electron chi connectivity index (χ2n) is 5.06. The summed E-state index contributed by atoms with van der Waals surface area (Å²) < 4.78 is 5.24. The summed E-state index contributed by atoms with van der Waals surface area (Å²) in [6.07, 6.45) is 1.57. The molecule has 1 aliphatic rings. The van der Waals surface area contributed by atoms with E-state index in [1.54, 1.807) is 13.4 Å². The highest BCUT2D eigenvalue weighted by Gasteiger charge is 2.27. The molecule has 2 rings (SSSR count). The first-order valence-corrected chi connectivity index (χ1v) is 5.89. The van der Waals surface area contributed by atoms with Crippen molar-refractivity contribution >= 4 is 5.82 Å². The maximum absolute atomic E-state index is 5.24. The normalized spacial score (nSPS) is 19.2. The molecule has 0 atom stereocenters. The lowest BCUT2D eigenvalue weighted by molar-refractivity contribution is 0.350. The lowest BCUT2D eigenvalue weighted by Gasteiger charge is -2.40. The van der Waals surface area contributed by atoms with Gasteiger partial charge in [-0.1, -0.05) is 0 Å². The molecule has 0 amide bonds. The number of methoxy groups -OCH3 is 1. The van der Waals surface area contributed by atoms with Gasteiger partial charge in [0.05, 0.1) is 12.7 Å². The van der Waals surface area contributed by atoms with Crippen LogP contribution in [0, 0.1) is 6.92 Å². The molecule has 0 aliphatic carbocycles. The van der Waals surface area contributed by atoms with Crippen LogP contribution in [0.15, 0.2) is 6.33 Å². The molecule has 1 aromatic rings. The van der Waals surface area contributed by atoms with Crippen molar-refractivity contribution in [1.82, 2.24) is 15.3 Å². The number of piperazine rings is 1. The maximum Gasteiger partial charge on any atom is 0.221 e. The van der Waals surface area contributed by atoms with E-state index in [4.69, 9.17) is 4.74 Å². The Balaban J connectivity index is 2.28. The number of rotatable bonds is 2. The van der Waals surface area contributed by atoms with Crippen molar-refractivity contribution < 1.29 is 4.74 Å². The van der Waals surface area contributed by atoms with Crippen LogP contribution in [-0.4, -0.2) is 42.3 Å². The van der Waals surface area contributed by atoms with Gasteiger partial charge in [-0.2, -0.15) is 0 Å². The van der Waals surface area contributed by atoms with E-state index in [0.717, 1.165) is 31.0 Å². The smallest absolute Gasteiger partial charge is 0.221 e. The van der Waals surface area contributed by atoms with Crippen LogP contribution in [0.25, 0.3) is 0 Å². The molecule has 1 N–H and O–H groups in total. The van der Waals surface area contributed by atoms with Crippen LogP contribution in [0.3, 0.4) is 0 Å². The summed E-state index contributed by atoms with van der Waals surface area (Å²) in [6.45, 7) is 9.28. The molecule has 0 saturated carbocycles. The van der Waals surface area contributed by atoms with E-state index in [1.165, 1.54) is 0 Å². The van der Waals surface area contributed by atoms with E-state index < -0.39 is 0 Å². The largest absolute Gasteiger partial charge is 0.481 e. The van der Waals surface area contributed by atoms with Crippen molar-refractivity contribution in [1.29, 1.82) is 0 Å². The van der Waals surface area contributed by atoms with Gasteiger partial charge in [0.2, 0.25) is 5.88 Å². The van der Waals surface area contributed by atoms with Crippen LogP contribution in [0.2, 0.25) is 0 Å². The first-order chi connectivity index (χ1) is 8.03. The zero-order chi connectivity index (χ0) is 12.5. The Labute approximate surface area is 102 Å². The topological polar surface area (TPSA) is 50.3 Å². The second kappa shape index (κ2) is 4.49. The number of nitrogens with zero attached hydrogens (tertiary/aromatic N) is 3. The van der Waals surface area contributed by atoms with Gasteiger partial charge in [0.1, 0.15) is 12.1 Å². The van der Waals surface area contributed by atoms with Crippen LogP contribution in [-0.2, 0) is 0 Å². The van der Waals surface area contributed by atoms with Gasteiger partial charge in [-0.25, -0.2) is 9.97 Å². The van der Waals surface area contributed by atoms with Crippen molar-refractivity contribution in [2.45, 2.75) is 26.3 Å². The van der Waals surface area contributed by atoms with E-state index in [2.05, 4.69) is 34.0 Å². The minimum atomic E-state index is 0.114. The molecule has 0 bridgehead atoms. The van der Waals surface area contributed by atoms with E-state index in [1.807, 2.05) is 6.92 Å². The number of ether oxygens (including phenoxy) is 1. The fourth-order valence-corrected chi connectivity index (χ4v) is 2.27. The van der Waals surface area contributed by atoms with E-state index in [9.17, 15) is 0 Å². The number of anilines is 1. The van der Waals surface area contributed by atoms with Crippen LogP contribution >= 0.6 is 0 Å². The zero-order valence-electron chi connectivity index (χ0n) is 10.9. The number of hydrogen-bond acceptors (Lipinski definition) is 5. The molecule has 1 saturated heterocycles. The second-order valence-corrected chi connectivity index (χ2v) is 5.06. The molecule has 17 heavy (non-hydrogen) atoms. The van der Waals surface area contributed by atoms with Crippen LogP contribution in [0.5, 0.6) is 5.88 Å². The van der Waals surface area contributed by atoms with Gasteiger partial charge >= 0.3 is 0 Å². The molecule has 1 fully saturated rings. The molecule has 0 unspecified atom stereocenters. The fraction of sp³-hybridized carbons (Fsp3) is 0.667. The molecule has 1 aromatic heterocycles. The minimum absolute atomic E-state index is 0.114. The highest BCUT2D eigenvalue weighted by Crippen LogP contribution is 2.25. The maximum atomic E-state index is 5.24. The molecule has 0 spiro atoms. The Morgan fingerprint density at radius 2 is 2.18 bits per heavy atom. The number of aromatic nitrogens is 2. The van der Waals surface area contributed by atoms with Crippen LogP contribution in [0.1, 0.15) is 19.4 Å². The first kappa shape index (κ1) is 12.1. The van der Waals surface area contributed by atoms with Gasteiger partial charge in [-0.05, 0) is 20.8 Å². The molecular formula is C12H20N4O.